The molecule has 1 rings (SSSR count). The Kier molecular flexibility index (Phi) is 2.78. The van der Waals surface area contributed by atoms with Crippen molar-refractivity contribution in [3.63, 3.8) is 0 Å². The summed E-state index contributed by atoms with van der Waals surface area (Å²) < 4.78 is 5.51. The Labute approximate surface area is 79.1 Å². The lowest BCUT2D eigenvalue weighted by Crippen LogP contribution is -2.43. The number of aliphatic hydroxyl groups is 1. The van der Waals surface area contributed by atoms with Gasteiger partial charge in [0.2, 0.25) is 0 Å². The third kappa shape index (κ3) is 1.76. The molecule has 0 radical (unpaired) electrons. The lowest BCUT2D eigenvalue weighted by molar-refractivity contribution is -0.128. The predicted octanol–water partition coefficient (Wildman–Crippen LogP) is 1.14. The van der Waals surface area contributed by atoms with E-state index in [0.717, 1.165) is 6.29 Å². The average Bonchev–Trinajstić information content (AvgIpc) is 2.27. The summed E-state index contributed by atoms with van der Waals surface area (Å²) in [7, 11) is 0. The highest BCUT2D eigenvalue weighted by molar-refractivity contribution is 5.62. The zero-order valence-corrected chi connectivity index (χ0v) is 8.54. The van der Waals surface area contributed by atoms with E-state index in [-0.39, 0.29) is 0 Å². The molecule has 0 aliphatic carbocycles. The number of aliphatic hydroxyl groups excluding tert-OH is 1. The van der Waals surface area contributed by atoms with Gasteiger partial charge in [-0.25, -0.2) is 0 Å². The molecule has 1 heterocycles. The molecule has 76 valence electrons. The van der Waals surface area contributed by atoms with Gasteiger partial charge in [0.15, 0.2) is 0 Å². The van der Waals surface area contributed by atoms with Crippen molar-refractivity contribution >= 4 is 6.29 Å². The summed E-state index contributed by atoms with van der Waals surface area (Å²) in [5.74, 6) is 0. The molecule has 13 heavy (non-hydrogen) atoms. The van der Waals surface area contributed by atoms with E-state index in [2.05, 4.69) is 0 Å². The van der Waals surface area contributed by atoms with Gasteiger partial charge in [-0.05, 0) is 33.6 Å². The molecule has 1 aliphatic rings. The second kappa shape index (κ2) is 3.39. The van der Waals surface area contributed by atoms with Crippen LogP contribution in [-0.4, -0.2) is 29.7 Å². The van der Waals surface area contributed by atoms with Crippen molar-refractivity contribution in [3.8, 4) is 0 Å². The lowest BCUT2D eigenvalue weighted by Gasteiger charge is -2.35. The van der Waals surface area contributed by atoms with Gasteiger partial charge < -0.3 is 14.6 Å². The second-order valence-corrected chi connectivity index (χ2v) is 4.44. The standard InChI is InChI=1S/C10H18O3/c1-8(12)6-10(7-11)4-5-13-9(10,2)3/h7-8,12H,4-6H2,1-3H3. The molecule has 0 spiro atoms. The lowest BCUT2D eigenvalue weighted by atomic mass is 9.71. The number of ether oxygens (including phenoxy) is 1. The SMILES string of the molecule is CC(O)CC1(C=O)CCOC1(C)C. The third-order valence-corrected chi connectivity index (χ3v) is 3.10. The molecule has 1 N–H and O–H groups in total. The van der Waals surface area contributed by atoms with Crippen molar-refractivity contribution in [2.45, 2.75) is 45.3 Å². The maximum atomic E-state index is 11.1. The highest BCUT2D eigenvalue weighted by atomic mass is 16.5. The molecule has 1 fully saturated rings. The molecule has 2 atom stereocenters. The summed E-state index contributed by atoms with van der Waals surface area (Å²) in [6.07, 6.45) is 1.70. The maximum absolute atomic E-state index is 11.1. The molecule has 0 aromatic heterocycles. The van der Waals surface area contributed by atoms with Gasteiger partial charge in [0.25, 0.3) is 0 Å². The highest BCUT2D eigenvalue weighted by Gasteiger charge is 2.50. The first kappa shape index (κ1) is 10.7. The molecule has 0 amide bonds. The van der Waals surface area contributed by atoms with E-state index < -0.39 is 17.1 Å². The molecule has 3 heteroatoms. The van der Waals surface area contributed by atoms with E-state index in [1.165, 1.54) is 0 Å². The van der Waals surface area contributed by atoms with Gasteiger partial charge in [0.05, 0.1) is 17.1 Å². The third-order valence-electron chi connectivity index (χ3n) is 3.10. The van der Waals surface area contributed by atoms with Crippen molar-refractivity contribution in [3.05, 3.63) is 0 Å². The number of aldehydes is 1. The van der Waals surface area contributed by atoms with Crippen molar-refractivity contribution in [2.24, 2.45) is 5.41 Å². The van der Waals surface area contributed by atoms with Gasteiger partial charge in [0.1, 0.15) is 6.29 Å². The van der Waals surface area contributed by atoms with Crippen LogP contribution in [0.15, 0.2) is 0 Å². The Hall–Kier alpha value is -0.410. The fraction of sp³-hybridized carbons (Fsp3) is 0.900. The average molecular weight is 186 g/mol. The Bertz CT molecular complexity index is 198. The van der Waals surface area contributed by atoms with E-state index in [9.17, 15) is 9.90 Å². The van der Waals surface area contributed by atoms with Crippen molar-refractivity contribution in [2.75, 3.05) is 6.61 Å². The smallest absolute Gasteiger partial charge is 0.129 e. The Morgan fingerprint density at radius 1 is 1.62 bits per heavy atom. The van der Waals surface area contributed by atoms with Crippen molar-refractivity contribution < 1.29 is 14.6 Å². The van der Waals surface area contributed by atoms with Gasteiger partial charge >= 0.3 is 0 Å². The monoisotopic (exact) mass is 186 g/mol. The summed E-state index contributed by atoms with van der Waals surface area (Å²) in [5, 5.41) is 9.33. The van der Waals surface area contributed by atoms with Crippen LogP contribution in [0.5, 0.6) is 0 Å². The molecular weight excluding hydrogens is 168 g/mol. The number of hydrogen-bond donors (Lipinski definition) is 1. The Morgan fingerprint density at radius 3 is 2.54 bits per heavy atom. The quantitative estimate of drug-likeness (QED) is 0.672. The van der Waals surface area contributed by atoms with Crippen LogP contribution < -0.4 is 0 Å². The summed E-state index contributed by atoms with van der Waals surface area (Å²) in [6, 6.07) is 0. The number of carbonyl (C=O) groups is 1. The Morgan fingerprint density at radius 2 is 2.23 bits per heavy atom. The van der Waals surface area contributed by atoms with E-state index >= 15 is 0 Å². The normalized spacial score (nSPS) is 34.5. The molecule has 0 bridgehead atoms. The minimum Gasteiger partial charge on any atom is -0.393 e. The van der Waals surface area contributed by atoms with Crippen LogP contribution in [-0.2, 0) is 9.53 Å². The molecular formula is C10H18O3. The number of hydrogen-bond acceptors (Lipinski definition) is 3. The van der Waals surface area contributed by atoms with Crippen LogP contribution >= 0.6 is 0 Å². The highest BCUT2D eigenvalue weighted by Crippen LogP contribution is 2.45. The predicted molar refractivity (Wildman–Crippen MR) is 49.4 cm³/mol. The summed E-state index contributed by atoms with van der Waals surface area (Å²) in [5.41, 5.74) is -0.938. The van der Waals surface area contributed by atoms with Gasteiger partial charge in [-0.1, -0.05) is 0 Å². The zero-order valence-electron chi connectivity index (χ0n) is 8.54. The van der Waals surface area contributed by atoms with E-state index in [4.69, 9.17) is 4.74 Å². The van der Waals surface area contributed by atoms with Crippen LogP contribution in [0, 0.1) is 5.41 Å². The van der Waals surface area contributed by atoms with Gasteiger partial charge in [0, 0.05) is 6.61 Å². The molecule has 3 nitrogen and oxygen atoms in total. The molecule has 1 saturated heterocycles. The molecule has 0 aromatic carbocycles. The summed E-state index contributed by atoms with van der Waals surface area (Å²) in [6.45, 7) is 6.14. The second-order valence-electron chi connectivity index (χ2n) is 4.44. The molecule has 1 aliphatic heterocycles. The maximum Gasteiger partial charge on any atom is 0.129 e. The van der Waals surface area contributed by atoms with E-state index in [0.29, 0.717) is 19.4 Å². The van der Waals surface area contributed by atoms with Crippen molar-refractivity contribution in [1.29, 1.82) is 0 Å². The van der Waals surface area contributed by atoms with Crippen LogP contribution in [0.3, 0.4) is 0 Å². The largest absolute Gasteiger partial charge is 0.393 e. The fourth-order valence-corrected chi connectivity index (χ4v) is 2.06. The summed E-state index contributed by atoms with van der Waals surface area (Å²) in [4.78, 5) is 11.1. The topological polar surface area (TPSA) is 46.5 Å². The molecule has 0 aromatic rings. The summed E-state index contributed by atoms with van der Waals surface area (Å²) >= 11 is 0. The van der Waals surface area contributed by atoms with Crippen LogP contribution in [0.2, 0.25) is 0 Å². The fourth-order valence-electron chi connectivity index (χ4n) is 2.06. The first-order valence-electron chi connectivity index (χ1n) is 4.72. The minimum atomic E-state index is -0.499. The number of carbonyl (C=O) groups excluding carboxylic acids is 1. The number of rotatable bonds is 3. The first-order valence-corrected chi connectivity index (χ1v) is 4.72. The Balaban J connectivity index is 2.85. The van der Waals surface area contributed by atoms with Crippen LogP contribution in [0.1, 0.15) is 33.6 Å². The van der Waals surface area contributed by atoms with E-state index in [1.54, 1.807) is 6.92 Å². The van der Waals surface area contributed by atoms with Gasteiger partial charge in [-0.2, -0.15) is 0 Å². The molecule has 0 saturated carbocycles. The zero-order chi connectivity index (χ0) is 10.1. The molecule has 2 unspecified atom stereocenters. The van der Waals surface area contributed by atoms with Crippen LogP contribution in [0.25, 0.3) is 0 Å². The van der Waals surface area contributed by atoms with Crippen LogP contribution in [0.4, 0.5) is 0 Å². The van der Waals surface area contributed by atoms with E-state index in [1.807, 2.05) is 13.8 Å². The van der Waals surface area contributed by atoms with Gasteiger partial charge in [-0.3, -0.25) is 0 Å². The van der Waals surface area contributed by atoms with Crippen molar-refractivity contribution in [1.82, 2.24) is 0 Å². The van der Waals surface area contributed by atoms with Gasteiger partial charge in [-0.15, -0.1) is 0 Å². The first-order chi connectivity index (χ1) is 5.93. The minimum absolute atomic E-state index is 0.439.